The maximum Gasteiger partial charge on any atom is 0.352 e. The van der Waals surface area contributed by atoms with Gasteiger partial charge in [0.1, 0.15) is 41.8 Å². The molecule has 1 aromatic heterocycles. The minimum absolute atomic E-state index is 0.0301. The fourth-order valence-corrected chi connectivity index (χ4v) is 5.20. The quantitative estimate of drug-likeness (QED) is 0.202. The maximum absolute atomic E-state index is 12.7. The summed E-state index contributed by atoms with van der Waals surface area (Å²) in [5.74, 6) is -2.71. The van der Waals surface area contributed by atoms with E-state index in [0.717, 1.165) is 11.0 Å². The van der Waals surface area contributed by atoms with Crippen molar-refractivity contribution in [2.75, 3.05) is 12.4 Å². The minimum Gasteiger partial charge on any atom is -0.484 e. The standard InChI is InChI=1S/C22H18ClN3O10S/c1-10(27)34-7-11-9-37-21-17(20(29)25(21)18(11)22(30)31)24-19(28)16-5-3-13(36-16)8-35-15-4-2-12(26(32)33)6-14(15)23/h2-6,17,21H,7-9H2,1H3,(H,24,28)(H,30,31)/t17-,21+/m0/s1. The molecule has 1 fully saturated rings. The molecule has 2 aliphatic heterocycles. The number of furan rings is 1. The van der Waals surface area contributed by atoms with Crippen LogP contribution in [0.4, 0.5) is 5.69 Å². The Balaban J connectivity index is 1.37. The van der Waals surface area contributed by atoms with Crippen molar-refractivity contribution in [3.8, 4) is 5.75 Å². The van der Waals surface area contributed by atoms with Gasteiger partial charge in [-0.3, -0.25) is 29.4 Å². The van der Waals surface area contributed by atoms with Crippen molar-refractivity contribution in [1.29, 1.82) is 0 Å². The first-order chi connectivity index (χ1) is 17.6. The van der Waals surface area contributed by atoms with Gasteiger partial charge in [-0.15, -0.1) is 11.8 Å². The smallest absolute Gasteiger partial charge is 0.352 e. The lowest BCUT2D eigenvalue weighted by molar-refractivity contribution is -0.384. The molecule has 4 rings (SSSR count). The Morgan fingerprint density at radius 1 is 1.30 bits per heavy atom. The van der Waals surface area contributed by atoms with Crippen molar-refractivity contribution >= 4 is 52.8 Å². The molecule has 2 atom stereocenters. The number of halogens is 1. The average Bonchev–Trinajstić information content (AvgIpc) is 3.33. The molecule has 0 unspecified atom stereocenters. The fourth-order valence-electron chi connectivity index (χ4n) is 3.64. The Bertz CT molecular complexity index is 1340. The number of nitrogens with one attached hydrogen (secondary N) is 1. The molecule has 37 heavy (non-hydrogen) atoms. The number of nitro benzene ring substituents is 1. The second-order valence-corrected chi connectivity index (χ2v) is 9.34. The Kier molecular flexibility index (Phi) is 7.40. The molecule has 15 heteroatoms. The summed E-state index contributed by atoms with van der Waals surface area (Å²) in [6.45, 7) is 0.814. The normalized spacial score (nSPS) is 18.5. The summed E-state index contributed by atoms with van der Waals surface area (Å²) < 4.78 is 15.9. The molecule has 2 N–H and O–H groups in total. The summed E-state index contributed by atoms with van der Waals surface area (Å²) in [6, 6.07) is 5.58. The zero-order valence-corrected chi connectivity index (χ0v) is 20.5. The SMILES string of the molecule is CC(=O)OCC1=C(C(=O)O)N2C(=O)[C@H](NC(=O)c3ccc(COc4ccc([N+](=O)[O-])cc4Cl)o3)[C@H]2SC1. The summed E-state index contributed by atoms with van der Waals surface area (Å²) >= 11 is 7.22. The van der Waals surface area contributed by atoms with Crippen molar-refractivity contribution in [2.45, 2.75) is 24.9 Å². The number of carbonyl (C=O) groups excluding carboxylic acids is 3. The topological polar surface area (TPSA) is 179 Å². The van der Waals surface area contributed by atoms with Crippen LogP contribution in [-0.4, -0.2) is 62.5 Å². The van der Waals surface area contributed by atoms with Crippen molar-refractivity contribution < 1.29 is 43.1 Å². The number of nitrogens with zero attached hydrogens (tertiary/aromatic N) is 2. The predicted octanol–water partition coefficient (Wildman–Crippen LogP) is 2.34. The molecule has 194 valence electrons. The largest absolute Gasteiger partial charge is 0.484 e. The van der Waals surface area contributed by atoms with Crippen LogP contribution in [0.15, 0.2) is 46.0 Å². The lowest BCUT2D eigenvalue weighted by Gasteiger charge is -2.49. The first-order valence-corrected chi connectivity index (χ1v) is 12.0. The van der Waals surface area contributed by atoms with E-state index in [1.165, 1.54) is 43.0 Å². The van der Waals surface area contributed by atoms with Crippen LogP contribution in [0, 0.1) is 10.1 Å². The van der Waals surface area contributed by atoms with Crippen LogP contribution in [0.5, 0.6) is 5.75 Å². The first-order valence-electron chi connectivity index (χ1n) is 10.6. The monoisotopic (exact) mass is 551 g/mol. The summed E-state index contributed by atoms with van der Waals surface area (Å²) in [4.78, 5) is 59.5. The molecule has 0 spiro atoms. The number of carboxylic acids is 1. The van der Waals surface area contributed by atoms with E-state index in [4.69, 9.17) is 25.5 Å². The van der Waals surface area contributed by atoms with Gasteiger partial charge in [-0.1, -0.05) is 11.6 Å². The van der Waals surface area contributed by atoms with Gasteiger partial charge in [0.05, 0.1) is 9.95 Å². The van der Waals surface area contributed by atoms with E-state index in [0.29, 0.717) is 0 Å². The van der Waals surface area contributed by atoms with Gasteiger partial charge in [-0.25, -0.2) is 4.79 Å². The molecule has 0 saturated carbocycles. The number of carbonyl (C=O) groups is 4. The molecule has 2 aliphatic rings. The maximum atomic E-state index is 12.7. The Labute approximate surface area is 217 Å². The van der Waals surface area contributed by atoms with E-state index in [2.05, 4.69) is 5.32 Å². The number of carboxylic acid groups (broad SMARTS) is 1. The zero-order chi connectivity index (χ0) is 26.9. The van der Waals surface area contributed by atoms with Crippen molar-refractivity contribution in [3.63, 3.8) is 0 Å². The number of nitro groups is 1. The molecule has 0 aliphatic carbocycles. The molecule has 1 aromatic carbocycles. The number of hydrogen-bond donors (Lipinski definition) is 2. The van der Waals surface area contributed by atoms with Gasteiger partial charge in [-0.05, 0) is 18.2 Å². The first kappa shape index (κ1) is 26.0. The number of hydrogen-bond acceptors (Lipinski definition) is 10. The number of rotatable bonds is 9. The number of aliphatic carboxylic acids is 1. The van der Waals surface area contributed by atoms with Crippen LogP contribution >= 0.6 is 23.4 Å². The number of ether oxygens (including phenoxy) is 2. The van der Waals surface area contributed by atoms with Gasteiger partial charge in [0.2, 0.25) is 0 Å². The molecular formula is C22H18ClN3O10S. The lowest BCUT2D eigenvalue weighted by Crippen LogP contribution is -2.70. The third kappa shape index (κ3) is 5.39. The van der Waals surface area contributed by atoms with Gasteiger partial charge in [-0.2, -0.15) is 0 Å². The number of non-ortho nitro benzene ring substituents is 1. The molecule has 0 bridgehead atoms. The number of amides is 2. The molecule has 2 amide bonds. The molecule has 0 radical (unpaired) electrons. The van der Waals surface area contributed by atoms with Crippen LogP contribution in [0.25, 0.3) is 0 Å². The van der Waals surface area contributed by atoms with Gasteiger partial charge < -0.3 is 24.3 Å². The number of fused-ring (bicyclic) bond motifs is 1. The fraction of sp³-hybridized carbons (Fsp3) is 0.273. The van der Waals surface area contributed by atoms with Crippen LogP contribution < -0.4 is 10.1 Å². The van der Waals surface area contributed by atoms with E-state index in [-0.39, 0.29) is 58.2 Å². The van der Waals surface area contributed by atoms with Crippen LogP contribution in [0.3, 0.4) is 0 Å². The highest BCUT2D eigenvalue weighted by atomic mass is 35.5. The second-order valence-electron chi connectivity index (χ2n) is 7.82. The van der Waals surface area contributed by atoms with Gasteiger partial charge in [0.25, 0.3) is 17.5 Å². The Hall–Kier alpha value is -4.04. The van der Waals surface area contributed by atoms with Crippen LogP contribution in [-0.2, 0) is 25.7 Å². The number of β-lactam (4-membered cyclic amide) rings is 1. The number of benzene rings is 1. The summed E-state index contributed by atoms with van der Waals surface area (Å²) in [5, 5.41) is 22.3. The second kappa shape index (κ2) is 10.5. The van der Waals surface area contributed by atoms with Gasteiger partial charge in [0.15, 0.2) is 5.76 Å². The molecule has 3 heterocycles. The van der Waals surface area contributed by atoms with E-state index < -0.39 is 40.1 Å². The Morgan fingerprint density at radius 2 is 2.05 bits per heavy atom. The van der Waals surface area contributed by atoms with Crippen molar-refractivity contribution in [1.82, 2.24) is 10.2 Å². The van der Waals surface area contributed by atoms with E-state index in [1.54, 1.807) is 0 Å². The Morgan fingerprint density at radius 3 is 2.70 bits per heavy atom. The summed E-state index contributed by atoms with van der Waals surface area (Å²) in [6.07, 6.45) is 0. The van der Waals surface area contributed by atoms with Crippen LogP contribution in [0.2, 0.25) is 5.02 Å². The molecule has 2 aromatic rings. The third-order valence-electron chi connectivity index (χ3n) is 5.37. The van der Waals surface area contributed by atoms with Crippen molar-refractivity contribution in [3.05, 3.63) is 68.3 Å². The highest BCUT2D eigenvalue weighted by Gasteiger charge is 2.54. The highest BCUT2D eigenvalue weighted by Crippen LogP contribution is 2.40. The average molecular weight is 552 g/mol. The van der Waals surface area contributed by atoms with E-state index in [1.807, 2.05) is 0 Å². The van der Waals surface area contributed by atoms with Gasteiger partial charge in [0, 0.05) is 30.4 Å². The lowest BCUT2D eigenvalue weighted by atomic mass is 10.0. The van der Waals surface area contributed by atoms with E-state index >= 15 is 0 Å². The van der Waals surface area contributed by atoms with Crippen molar-refractivity contribution in [2.24, 2.45) is 0 Å². The summed E-state index contributed by atoms with van der Waals surface area (Å²) in [7, 11) is 0. The number of thioether (sulfide) groups is 1. The van der Waals surface area contributed by atoms with Crippen LogP contribution in [0.1, 0.15) is 23.2 Å². The summed E-state index contributed by atoms with van der Waals surface area (Å²) in [5.41, 5.74) is -0.171. The predicted molar refractivity (Wildman–Crippen MR) is 127 cm³/mol. The van der Waals surface area contributed by atoms with E-state index in [9.17, 15) is 34.4 Å². The molecular weight excluding hydrogens is 534 g/mol. The highest BCUT2D eigenvalue weighted by molar-refractivity contribution is 8.00. The number of esters is 1. The molecule has 13 nitrogen and oxygen atoms in total. The zero-order valence-electron chi connectivity index (χ0n) is 19.0. The molecule has 1 saturated heterocycles. The third-order valence-corrected chi connectivity index (χ3v) is 7.00. The minimum atomic E-state index is -1.34. The van der Waals surface area contributed by atoms with Gasteiger partial charge >= 0.3 is 11.9 Å².